The van der Waals surface area contributed by atoms with Gasteiger partial charge in [0.1, 0.15) is 0 Å². The maximum Gasteiger partial charge on any atom is 0.338 e. The molecular weight excluding hydrogens is 284 g/mol. The summed E-state index contributed by atoms with van der Waals surface area (Å²) in [5.74, 6) is 5.05. The van der Waals surface area contributed by atoms with Crippen LogP contribution in [0.1, 0.15) is 66.4 Å². The van der Waals surface area contributed by atoms with E-state index in [2.05, 4.69) is 24.0 Å². The summed E-state index contributed by atoms with van der Waals surface area (Å²) in [5, 5.41) is 0. The van der Waals surface area contributed by atoms with Crippen LogP contribution in [-0.2, 0) is 17.6 Å². The van der Waals surface area contributed by atoms with Crippen molar-refractivity contribution in [3.8, 4) is 24.7 Å². The van der Waals surface area contributed by atoms with Gasteiger partial charge in [0.25, 0.3) is 0 Å². The average molecular weight is 310 g/mol. The quantitative estimate of drug-likeness (QED) is 0.360. The molecule has 0 saturated carbocycles. The third kappa shape index (κ3) is 7.07. The first-order valence-corrected chi connectivity index (χ1v) is 8.30. The SMILES string of the molecule is C#CCCCCCc1ccc(CCCCC#C)cc1C(=O)OC. The van der Waals surface area contributed by atoms with E-state index in [9.17, 15) is 4.79 Å². The van der Waals surface area contributed by atoms with Crippen molar-refractivity contribution in [3.05, 3.63) is 34.9 Å². The van der Waals surface area contributed by atoms with Gasteiger partial charge in [0, 0.05) is 12.8 Å². The maximum atomic E-state index is 12.0. The molecule has 2 nitrogen and oxygen atoms in total. The van der Waals surface area contributed by atoms with Gasteiger partial charge in [-0.2, -0.15) is 0 Å². The Labute approximate surface area is 140 Å². The lowest BCUT2D eigenvalue weighted by Crippen LogP contribution is -2.07. The van der Waals surface area contributed by atoms with Crippen molar-refractivity contribution in [3.63, 3.8) is 0 Å². The molecule has 0 N–H and O–H groups in total. The minimum atomic E-state index is -0.255. The predicted molar refractivity (Wildman–Crippen MR) is 95.2 cm³/mol. The number of carbonyl (C=O) groups excluding carboxylic acids is 1. The summed E-state index contributed by atoms with van der Waals surface area (Å²) in [6.45, 7) is 0. The van der Waals surface area contributed by atoms with Crippen LogP contribution in [0.15, 0.2) is 18.2 Å². The van der Waals surface area contributed by atoms with Crippen molar-refractivity contribution < 1.29 is 9.53 Å². The first-order valence-electron chi connectivity index (χ1n) is 8.30. The standard InChI is InChI=1S/C21H26O2/c1-4-6-8-10-12-14-19-16-15-18(13-11-9-7-5-2)17-20(19)21(22)23-3/h1-2,15-17H,6-14H2,3H3. The van der Waals surface area contributed by atoms with E-state index >= 15 is 0 Å². The van der Waals surface area contributed by atoms with Gasteiger partial charge in [0.2, 0.25) is 0 Å². The molecule has 2 heteroatoms. The molecule has 0 bridgehead atoms. The minimum Gasteiger partial charge on any atom is -0.465 e. The smallest absolute Gasteiger partial charge is 0.338 e. The number of methoxy groups -OCH3 is 1. The summed E-state index contributed by atoms with van der Waals surface area (Å²) in [7, 11) is 1.43. The third-order valence-corrected chi connectivity index (χ3v) is 3.88. The van der Waals surface area contributed by atoms with Gasteiger partial charge in [-0.1, -0.05) is 18.6 Å². The number of esters is 1. The molecule has 1 rings (SSSR count). The molecule has 0 radical (unpaired) electrons. The van der Waals surface area contributed by atoms with Crippen LogP contribution in [0.25, 0.3) is 0 Å². The number of hydrogen-bond acceptors (Lipinski definition) is 2. The zero-order chi connectivity index (χ0) is 16.9. The van der Waals surface area contributed by atoms with Crippen LogP contribution < -0.4 is 0 Å². The Morgan fingerprint density at radius 1 is 1.00 bits per heavy atom. The Bertz CT molecular complexity index is 572. The number of terminal acetylenes is 2. The normalized spacial score (nSPS) is 9.87. The van der Waals surface area contributed by atoms with Gasteiger partial charge in [0.05, 0.1) is 12.7 Å². The van der Waals surface area contributed by atoms with Crippen molar-refractivity contribution in [2.24, 2.45) is 0 Å². The third-order valence-electron chi connectivity index (χ3n) is 3.88. The molecule has 1 aromatic carbocycles. The fourth-order valence-electron chi connectivity index (χ4n) is 2.57. The van der Waals surface area contributed by atoms with E-state index in [4.69, 9.17) is 17.6 Å². The molecule has 122 valence electrons. The highest BCUT2D eigenvalue weighted by Crippen LogP contribution is 2.18. The molecule has 1 aromatic rings. The number of ether oxygens (including phenoxy) is 1. The molecule has 0 aliphatic carbocycles. The highest BCUT2D eigenvalue weighted by atomic mass is 16.5. The largest absolute Gasteiger partial charge is 0.465 e. The van der Waals surface area contributed by atoms with Crippen LogP contribution in [0, 0.1) is 24.7 Å². The maximum absolute atomic E-state index is 12.0. The van der Waals surface area contributed by atoms with Crippen molar-refractivity contribution in [2.75, 3.05) is 7.11 Å². The summed E-state index contributed by atoms with van der Waals surface area (Å²) in [5.41, 5.74) is 2.92. The molecule has 0 amide bonds. The van der Waals surface area contributed by atoms with E-state index in [-0.39, 0.29) is 5.97 Å². The second kappa shape index (κ2) is 11.4. The molecule has 0 aliphatic rings. The number of hydrogen-bond donors (Lipinski definition) is 0. The Kier molecular flexibility index (Phi) is 9.34. The molecule has 0 aromatic heterocycles. The summed E-state index contributed by atoms with van der Waals surface area (Å²) in [4.78, 5) is 12.0. The second-order valence-electron chi connectivity index (χ2n) is 5.66. The van der Waals surface area contributed by atoms with Crippen LogP contribution >= 0.6 is 0 Å². The lowest BCUT2D eigenvalue weighted by atomic mass is 9.96. The number of benzene rings is 1. The van der Waals surface area contributed by atoms with Gasteiger partial charge in [-0.3, -0.25) is 0 Å². The zero-order valence-electron chi connectivity index (χ0n) is 14.1. The molecule has 0 spiro atoms. The number of unbranched alkanes of at least 4 members (excludes halogenated alkanes) is 5. The molecule has 0 unspecified atom stereocenters. The van der Waals surface area contributed by atoms with Crippen LogP contribution in [0.5, 0.6) is 0 Å². The molecule has 23 heavy (non-hydrogen) atoms. The van der Waals surface area contributed by atoms with Gasteiger partial charge in [0.15, 0.2) is 0 Å². The Hall–Kier alpha value is -2.19. The minimum absolute atomic E-state index is 0.255. The van der Waals surface area contributed by atoms with Crippen molar-refractivity contribution in [2.45, 2.75) is 57.8 Å². The van der Waals surface area contributed by atoms with E-state index in [0.29, 0.717) is 5.56 Å². The topological polar surface area (TPSA) is 26.3 Å². The van der Waals surface area contributed by atoms with Crippen LogP contribution in [-0.4, -0.2) is 13.1 Å². The van der Waals surface area contributed by atoms with Gasteiger partial charge in [-0.05, 0) is 55.7 Å². The van der Waals surface area contributed by atoms with Crippen LogP contribution in [0.2, 0.25) is 0 Å². The summed E-state index contributed by atoms with van der Waals surface area (Å²) in [6.07, 6.45) is 19.2. The van der Waals surface area contributed by atoms with E-state index in [1.807, 2.05) is 6.07 Å². The fourth-order valence-corrected chi connectivity index (χ4v) is 2.57. The van der Waals surface area contributed by atoms with Gasteiger partial charge >= 0.3 is 5.97 Å². The second-order valence-corrected chi connectivity index (χ2v) is 5.66. The number of carbonyl (C=O) groups is 1. The van der Waals surface area contributed by atoms with Gasteiger partial charge in [-0.25, -0.2) is 4.79 Å². The Morgan fingerprint density at radius 2 is 1.65 bits per heavy atom. The lowest BCUT2D eigenvalue weighted by Gasteiger charge is -2.10. The van der Waals surface area contributed by atoms with Crippen LogP contribution in [0.3, 0.4) is 0 Å². The molecule has 0 aliphatic heterocycles. The van der Waals surface area contributed by atoms with E-state index in [1.165, 1.54) is 12.7 Å². The molecular formula is C21H26O2. The summed E-state index contributed by atoms with van der Waals surface area (Å²) < 4.78 is 4.93. The van der Waals surface area contributed by atoms with E-state index in [1.54, 1.807) is 0 Å². The highest BCUT2D eigenvalue weighted by molar-refractivity contribution is 5.91. The first kappa shape index (κ1) is 18.9. The molecule has 0 heterocycles. The first-order chi connectivity index (χ1) is 11.2. The molecule has 0 saturated heterocycles. The van der Waals surface area contributed by atoms with Gasteiger partial charge in [-0.15, -0.1) is 24.7 Å². The van der Waals surface area contributed by atoms with Crippen molar-refractivity contribution >= 4 is 5.97 Å². The van der Waals surface area contributed by atoms with E-state index < -0.39 is 0 Å². The Balaban J connectivity index is 2.68. The lowest BCUT2D eigenvalue weighted by molar-refractivity contribution is 0.0599. The number of aryl methyl sites for hydroxylation is 2. The van der Waals surface area contributed by atoms with Crippen molar-refractivity contribution in [1.82, 2.24) is 0 Å². The van der Waals surface area contributed by atoms with Crippen molar-refractivity contribution in [1.29, 1.82) is 0 Å². The summed E-state index contributed by atoms with van der Waals surface area (Å²) in [6, 6.07) is 6.14. The Morgan fingerprint density at radius 3 is 2.30 bits per heavy atom. The fraction of sp³-hybridized carbons (Fsp3) is 0.476. The average Bonchev–Trinajstić information content (AvgIpc) is 2.58. The zero-order valence-corrected chi connectivity index (χ0v) is 14.1. The van der Waals surface area contributed by atoms with E-state index in [0.717, 1.165) is 63.4 Å². The summed E-state index contributed by atoms with van der Waals surface area (Å²) >= 11 is 0. The number of rotatable bonds is 10. The van der Waals surface area contributed by atoms with Crippen LogP contribution in [0.4, 0.5) is 0 Å². The molecule has 0 atom stereocenters. The molecule has 0 fully saturated rings. The predicted octanol–water partition coefficient (Wildman–Crippen LogP) is 4.56. The van der Waals surface area contributed by atoms with Gasteiger partial charge < -0.3 is 4.74 Å². The highest BCUT2D eigenvalue weighted by Gasteiger charge is 2.12. The monoisotopic (exact) mass is 310 g/mol.